The Morgan fingerprint density at radius 1 is 1.64 bits per heavy atom. The standard InChI is InChI=1S/C9H14BrN3S/c1-7(14-2)3-4-12-9-8(10)5-11-6-13-9/h5-7H,3-4H2,1-2H3,(H,11,12,13). The van der Waals surface area contributed by atoms with Crippen LogP contribution >= 0.6 is 27.7 Å². The maximum Gasteiger partial charge on any atom is 0.143 e. The largest absolute Gasteiger partial charge is 0.369 e. The molecular weight excluding hydrogens is 262 g/mol. The van der Waals surface area contributed by atoms with Gasteiger partial charge in [0.1, 0.15) is 12.1 Å². The van der Waals surface area contributed by atoms with Gasteiger partial charge in [-0.05, 0) is 28.6 Å². The molecule has 0 saturated heterocycles. The van der Waals surface area contributed by atoms with Crippen LogP contribution < -0.4 is 5.32 Å². The zero-order valence-corrected chi connectivity index (χ0v) is 10.7. The molecule has 0 fully saturated rings. The first-order chi connectivity index (χ1) is 6.74. The lowest BCUT2D eigenvalue weighted by Gasteiger charge is -2.09. The van der Waals surface area contributed by atoms with Crippen molar-refractivity contribution >= 4 is 33.5 Å². The van der Waals surface area contributed by atoms with Crippen LogP contribution in [0.4, 0.5) is 5.82 Å². The summed E-state index contributed by atoms with van der Waals surface area (Å²) in [4.78, 5) is 8.03. The maximum absolute atomic E-state index is 4.13. The number of nitrogens with one attached hydrogen (secondary N) is 1. The lowest BCUT2D eigenvalue weighted by molar-refractivity contribution is 0.848. The van der Waals surface area contributed by atoms with Crippen LogP contribution in [-0.4, -0.2) is 28.0 Å². The highest BCUT2D eigenvalue weighted by Gasteiger charge is 2.01. The van der Waals surface area contributed by atoms with Gasteiger partial charge in [-0.25, -0.2) is 9.97 Å². The monoisotopic (exact) mass is 275 g/mol. The van der Waals surface area contributed by atoms with Gasteiger partial charge in [0.25, 0.3) is 0 Å². The molecule has 1 aromatic rings. The van der Waals surface area contributed by atoms with Crippen molar-refractivity contribution in [3.05, 3.63) is 17.0 Å². The van der Waals surface area contributed by atoms with Gasteiger partial charge in [0.05, 0.1) is 4.47 Å². The van der Waals surface area contributed by atoms with Crippen molar-refractivity contribution in [2.45, 2.75) is 18.6 Å². The zero-order valence-electron chi connectivity index (χ0n) is 8.33. The summed E-state index contributed by atoms with van der Waals surface area (Å²) >= 11 is 5.27. The van der Waals surface area contributed by atoms with Crippen LogP contribution in [0.5, 0.6) is 0 Å². The van der Waals surface area contributed by atoms with E-state index in [0.717, 1.165) is 23.3 Å². The smallest absolute Gasteiger partial charge is 0.143 e. The molecule has 0 aliphatic carbocycles. The molecule has 0 spiro atoms. The average molecular weight is 276 g/mol. The molecule has 0 radical (unpaired) electrons. The van der Waals surface area contributed by atoms with E-state index in [9.17, 15) is 0 Å². The number of thioether (sulfide) groups is 1. The van der Waals surface area contributed by atoms with Gasteiger partial charge in [-0.15, -0.1) is 0 Å². The highest BCUT2D eigenvalue weighted by Crippen LogP contribution is 2.17. The van der Waals surface area contributed by atoms with Crippen LogP contribution in [0.3, 0.4) is 0 Å². The molecular formula is C9H14BrN3S. The van der Waals surface area contributed by atoms with Crippen molar-refractivity contribution in [2.24, 2.45) is 0 Å². The van der Waals surface area contributed by atoms with Gasteiger partial charge < -0.3 is 5.32 Å². The summed E-state index contributed by atoms with van der Waals surface area (Å²) in [6.07, 6.45) is 6.56. The topological polar surface area (TPSA) is 37.8 Å². The third kappa shape index (κ3) is 3.84. The molecule has 1 rings (SSSR count). The number of anilines is 1. The molecule has 0 aromatic carbocycles. The molecule has 0 saturated carbocycles. The van der Waals surface area contributed by atoms with E-state index in [1.54, 1.807) is 12.5 Å². The second-order valence-corrected chi connectivity index (χ2v) is 5.11. The minimum absolute atomic E-state index is 0.683. The molecule has 78 valence electrons. The number of nitrogens with zero attached hydrogens (tertiary/aromatic N) is 2. The van der Waals surface area contributed by atoms with E-state index in [1.165, 1.54) is 0 Å². The van der Waals surface area contributed by atoms with Crippen LogP contribution in [0.1, 0.15) is 13.3 Å². The van der Waals surface area contributed by atoms with Crippen molar-refractivity contribution in [3.8, 4) is 0 Å². The molecule has 0 amide bonds. The minimum atomic E-state index is 0.683. The van der Waals surface area contributed by atoms with Crippen molar-refractivity contribution in [1.29, 1.82) is 0 Å². The van der Waals surface area contributed by atoms with Gasteiger partial charge >= 0.3 is 0 Å². The molecule has 5 heteroatoms. The van der Waals surface area contributed by atoms with Crippen molar-refractivity contribution in [1.82, 2.24) is 9.97 Å². The molecule has 1 aromatic heterocycles. The van der Waals surface area contributed by atoms with Crippen LogP contribution in [0.25, 0.3) is 0 Å². The summed E-state index contributed by atoms with van der Waals surface area (Å²) in [5, 5.41) is 3.95. The van der Waals surface area contributed by atoms with E-state index in [1.807, 2.05) is 11.8 Å². The summed E-state index contributed by atoms with van der Waals surface area (Å²) in [7, 11) is 0. The van der Waals surface area contributed by atoms with E-state index < -0.39 is 0 Å². The normalized spacial score (nSPS) is 12.5. The predicted octanol–water partition coefficient (Wildman–Crippen LogP) is 2.79. The van der Waals surface area contributed by atoms with Crippen molar-refractivity contribution in [3.63, 3.8) is 0 Å². The molecule has 0 aliphatic heterocycles. The third-order valence-electron chi connectivity index (χ3n) is 1.91. The summed E-state index contributed by atoms with van der Waals surface area (Å²) in [5.41, 5.74) is 0. The first-order valence-electron chi connectivity index (χ1n) is 4.46. The van der Waals surface area contributed by atoms with Gasteiger partial charge in [-0.3, -0.25) is 0 Å². The van der Waals surface area contributed by atoms with Gasteiger partial charge in [-0.2, -0.15) is 11.8 Å². The van der Waals surface area contributed by atoms with E-state index in [4.69, 9.17) is 0 Å². The van der Waals surface area contributed by atoms with Gasteiger partial charge in [0.15, 0.2) is 0 Å². The van der Waals surface area contributed by atoms with Gasteiger partial charge in [0.2, 0.25) is 0 Å². The predicted molar refractivity (Wildman–Crippen MR) is 65.8 cm³/mol. The Hall–Kier alpha value is -0.290. The fourth-order valence-corrected chi connectivity index (χ4v) is 1.67. The van der Waals surface area contributed by atoms with Crippen LogP contribution in [-0.2, 0) is 0 Å². The number of aromatic nitrogens is 2. The Morgan fingerprint density at radius 2 is 2.43 bits per heavy atom. The van der Waals surface area contributed by atoms with Crippen molar-refractivity contribution in [2.75, 3.05) is 18.1 Å². The lowest BCUT2D eigenvalue weighted by Crippen LogP contribution is -2.09. The maximum atomic E-state index is 4.13. The van der Waals surface area contributed by atoms with Crippen LogP contribution in [0.2, 0.25) is 0 Å². The molecule has 1 N–H and O–H groups in total. The van der Waals surface area contributed by atoms with E-state index in [-0.39, 0.29) is 0 Å². The highest BCUT2D eigenvalue weighted by atomic mass is 79.9. The van der Waals surface area contributed by atoms with E-state index in [2.05, 4.69) is 44.4 Å². The quantitative estimate of drug-likeness (QED) is 0.897. The second kappa shape index (κ2) is 6.24. The average Bonchev–Trinajstić information content (AvgIpc) is 2.20. The number of hydrogen-bond acceptors (Lipinski definition) is 4. The molecule has 0 bridgehead atoms. The first-order valence-corrected chi connectivity index (χ1v) is 6.54. The van der Waals surface area contributed by atoms with E-state index >= 15 is 0 Å². The highest BCUT2D eigenvalue weighted by molar-refractivity contribution is 9.10. The first kappa shape index (κ1) is 11.8. The molecule has 3 nitrogen and oxygen atoms in total. The molecule has 1 atom stereocenters. The second-order valence-electron chi connectivity index (χ2n) is 2.98. The van der Waals surface area contributed by atoms with Crippen LogP contribution in [0.15, 0.2) is 17.0 Å². The zero-order chi connectivity index (χ0) is 10.4. The summed E-state index contributed by atoms with van der Waals surface area (Å²) < 4.78 is 0.914. The molecule has 14 heavy (non-hydrogen) atoms. The van der Waals surface area contributed by atoms with Gasteiger partial charge in [-0.1, -0.05) is 6.92 Å². The summed E-state index contributed by atoms with van der Waals surface area (Å²) in [6.45, 7) is 3.17. The minimum Gasteiger partial charge on any atom is -0.369 e. The summed E-state index contributed by atoms with van der Waals surface area (Å²) in [5.74, 6) is 0.869. The summed E-state index contributed by atoms with van der Waals surface area (Å²) in [6, 6.07) is 0. The van der Waals surface area contributed by atoms with Gasteiger partial charge in [0, 0.05) is 18.0 Å². The Bertz CT molecular complexity index is 283. The molecule has 1 unspecified atom stereocenters. The van der Waals surface area contributed by atoms with Crippen LogP contribution in [0, 0.1) is 0 Å². The SMILES string of the molecule is CSC(C)CCNc1ncncc1Br. The molecule has 0 aliphatic rings. The third-order valence-corrected chi connectivity index (χ3v) is 3.53. The Balaban J connectivity index is 2.35. The number of rotatable bonds is 5. The molecule has 1 heterocycles. The number of hydrogen-bond donors (Lipinski definition) is 1. The fourth-order valence-electron chi connectivity index (χ4n) is 0.954. The fraction of sp³-hybridized carbons (Fsp3) is 0.556. The van der Waals surface area contributed by atoms with E-state index in [0.29, 0.717) is 5.25 Å². The van der Waals surface area contributed by atoms with Crippen molar-refractivity contribution < 1.29 is 0 Å². The Labute approximate surface area is 97.2 Å². The Morgan fingerprint density at radius 3 is 3.07 bits per heavy atom. The number of halogens is 1. The lowest BCUT2D eigenvalue weighted by atomic mass is 10.3. The Kier molecular flexibility index (Phi) is 5.25.